The van der Waals surface area contributed by atoms with Crippen molar-refractivity contribution in [1.82, 2.24) is 5.32 Å². The van der Waals surface area contributed by atoms with E-state index in [1.807, 2.05) is 0 Å². The molecular formula is C38H52N2O4. The van der Waals surface area contributed by atoms with Crippen molar-refractivity contribution >= 4 is 11.6 Å². The zero-order valence-electron chi connectivity index (χ0n) is 27.3. The van der Waals surface area contributed by atoms with Crippen LogP contribution in [0.25, 0.3) is 0 Å². The van der Waals surface area contributed by atoms with Crippen LogP contribution in [0.1, 0.15) is 104 Å². The van der Waals surface area contributed by atoms with Crippen molar-refractivity contribution in [3.8, 4) is 12.3 Å². The summed E-state index contributed by atoms with van der Waals surface area (Å²) in [6.07, 6.45) is 18.9. The van der Waals surface area contributed by atoms with Crippen LogP contribution in [0.15, 0.2) is 47.1 Å². The van der Waals surface area contributed by atoms with Crippen LogP contribution in [0.2, 0.25) is 0 Å². The third-order valence-corrected chi connectivity index (χ3v) is 12.9. The Morgan fingerprint density at radius 2 is 1.84 bits per heavy atom. The number of nitrogens with one attached hydrogen (secondary N) is 1. The first-order chi connectivity index (χ1) is 20.9. The lowest BCUT2D eigenvalue weighted by Gasteiger charge is -2.58. The molecule has 1 aromatic rings. The number of aliphatic hydroxyl groups is 1. The minimum Gasteiger partial charge on any atom is -0.385 e. The minimum atomic E-state index is -0.958. The van der Waals surface area contributed by atoms with E-state index in [4.69, 9.17) is 16.0 Å². The molecule has 6 rings (SSSR count). The van der Waals surface area contributed by atoms with E-state index in [1.54, 1.807) is 0 Å². The fourth-order valence-electron chi connectivity index (χ4n) is 10.4. The van der Waals surface area contributed by atoms with Gasteiger partial charge >= 0.3 is 0 Å². The van der Waals surface area contributed by atoms with E-state index < -0.39 is 5.60 Å². The van der Waals surface area contributed by atoms with Crippen LogP contribution in [0.3, 0.4) is 0 Å². The molecule has 0 radical (unpaired) electrons. The van der Waals surface area contributed by atoms with Gasteiger partial charge in [0.05, 0.1) is 11.3 Å². The molecule has 1 aromatic carbocycles. The molecule has 0 unspecified atom stereocenters. The molecule has 6 heteroatoms. The lowest BCUT2D eigenvalue weighted by Crippen LogP contribution is -2.54. The highest BCUT2D eigenvalue weighted by molar-refractivity contribution is 5.96. The number of rotatable bonds is 7. The zero-order chi connectivity index (χ0) is 31.2. The Labute approximate surface area is 264 Å². The van der Waals surface area contributed by atoms with Gasteiger partial charge in [-0.1, -0.05) is 60.8 Å². The number of terminal acetylenes is 1. The van der Waals surface area contributed by atoms with Crippen molar-refractivity contribution in [2.24, 2.45) is 33.7 Å². The Bertz CT molecular complexity index is 1350. The highest BCUT2D eigenvalue weighted by Crippen LogP contribution is 2.67. The fraction of sp³-hybridized carbons (Fsp3) is 0.684. The van der Waals surface area contributed by atoms with Crippen LogP contribution in [0.5, 0.6) is 0 Å². The lowest BCUT2D eigenvalue weighted by atomic mass is 9.46. The number of benzene rings is 1. The number of hydrogen-bond donors (Lipinski definition) is 2. The molecule has 3 saturated carbocycles. The summed E-state index contributed by atoms with van der Waals surface area (Å²) in [5.41, 5.74) is 2.57. The zero-order valence-corrected chi connectivity index (χ0v) is 27.3. The molecule has 2 N–H and O–H groups in total. The molecule has 5 aliphatic rings. The molecule has 1 aliphatic heterocycles. The molecule has 238 valence electrons. The summed E-state index contributed by atoms with van der Waals surface area (Å²) in [5.74, 6) is 4.39. The van der Waals surface area contributed by atoms with Crippen LogP contribution >= 0.6 is 0 Å². The molecule has 1 saturated heterocycles. The number of carbonyl (C=O) groups is 1. The highest BCUT2D eigenvalue weighted by Gasteiger charge is 2.63. The van der Waals surface area contributed by atoms with Crippen molar-refractivity contribution < 1.29 is 19.5 Å². The van der Waals surface area contributed by atoms with Gasteiger partial charge in [0.2, 0.25) is 0 Å². The summed E-state index contributed by atoms with van der Waals surface area (Å²) in [4.78, 5) is 18.3. The number of nitrogens with zero attached hydrogens (tertiary/aromatic N) is 1. The van der Waals surface area contributed by atoms with E-state index in [0.717, 1.165) is 82.9 Å². The quantitative estimate of drug-likeness (QED) is 0.269. The number of amides is 1. The molecule has 44 heavy (non-hydrogen) atoms. The van der Waals surface area contributed by atoms with E-state index >= 15 is 0 Å². The van der Waals surface area contributed by atoms with Crippen LogP contribution in [0, 0.1) is 40.9 Å². The van der Waals surface area contributed by atoms with Crippen molar-refractivity contribution in [2.75, 3.05) is 19.8 Å². The molecule has 0 aromatic heterocycles. The number of oxime groups is 1. The van der Waals surface area contributed by atoms with Crippen molar-refractivity contribution in [3.05, 3.63) is 47.5 Å². The minimum absolute atomic E-state index is 0.0193. The predicted octanol–water partition coefficient (Wildman–Crippen LogP) is 6.72. The molecule has 0 bridgehead atoms. The monoisotopic (exact) mass is 600 g/mol. The Hall–Kier alpha value is -2.62. The van der Waals surface area contributed by atoms with Crippen LogP contribution < -0.4 is 5.32 Å². The van der Waals surface area contributed by atoms with Gasteiger partial charge in [0.15, 0.2) is 6.61 Å². The molecule has 6 nitrogen and oxygen atoms in total. The molecule has 1 heterocycles. The maximum atomic E-state index is 12.7. The smallest absolute Gasteiger partial charge is 0.260 e. The second-order valence-corrected chi connectivity index (χ2v) is 15.6. The molecule has 1 amide bonds. The Morgan fingerprint density at radius 3 is 2.59 bits per heavy atom. The topological polar surface area (TPSA) is 80.2 Å². The molecule has 7 atom stereocenters. The normalized spacial score (nSPS) is 40.1. The number of allylic oxidation sites excluding steroid dienone is 2. The van der Waals surface area contributed by atoms with Gasteiger partial charge in [0.1, 0.15) is 5.60 Å². The van der Waals surface area contributed by atoms with Crippen molar-refractivity contribution in [2.45, 2.75) is 115 Å². The number of hydrogen-bond acceptors (Lipinski definition) is 5. The summed E-state index contributed by atoms with van der Waals surface area (Å²) in [7, 11) is 0. The third-order valence-electron chi connectivity index (χ3n) is 12.9. The second kappa shape index (κ2) is 11.6. The average molecular weight is 601 g/mol. The van der Waals surface area contributed by atoms with Crippen LogP contribution in [-0.2, 0) is 19.8 Å². The van der Waals surface area contributed by atoms with E-state index in [9.17, 15) is 9.90 Å². The molecule has 4 fully saturated rings. The first-order valence-corrected chi connectivity index (χ1v) is 17.0. The number of carbonyl (C=O) groups excluding carboxylic acids is 1. The Morgan fingerprint density at radius 1 is 1.07 bits per heavy atom. The summed E-state index contributed by atoms with van der Waals surface area (Å²) >= 11 is 0. The maximum Gasteiger partial charge on any atom is 0.260 e. The van der Waals surface area contributed by atoms with E-state index in [2.05, 4.69) is 80.5 Å². The summed E-state index contributed by atoms with van der Waals surface area (Å²) in [5, 5.41) is 18.8. The van der Waals surface area contributed by atoms with Gasteiger partial charge in [-0.3, -0.25) is 4.79 Å². The first kappa shape index (κ1) is 31.4. The number of ether oxygens (including phenoxy) is 1. The van der Waals surface area contributed by atoms with E-state index in [1.165, 1.54) is 11.1 Å². The largest absolute Gasteiger partial charge is 0.385 e. The standard InChI is InChI=1S/C38H52N2O4/c1-6-38(42)19-16-32-30-13-12-28-24-29(14-17-35(28,4)31(30)15-18-36(32,38)5)40-44-25-33(41)39-22-20-37(27-10-8-7-9-11-27)21-23-43-34(2,3)26-37/h1,7-11,24,30-32,42H,12-23,25-26H2,2-5H3,(H,39,41)/t30-,31+,32-,35+,36+,37-,38+/m1/s1. The molecular weight excluding hydrogens is 548 g/mol. The first-order valence-electron chi connectivity index (χ1n) is 17.0. The van der Waals surface area contributed by atoms with E-state index in [0.29, 0.717) is 24.3 Å². The number of fused-ring (bicyclic) bond motifs is 5. The van der Waals surface area contributed by atoms with Gasteiger partial charge in [-0.05, 0) is 119 Å². The molecule has 4 aliphatic carbocycles. The van der Waals surface area contributed by atoms with E-state index in [-0.39, 0.29) is 34.4 Å². The van der Waals surface area contributed by atoms with Gasteiger partial charge in [-0.2, -0.15) is 0 Å². The van der Waals surface area contributed by atoms with Crippen LogP contribution in [0.4, 0.5) is 0 Å². The average Bonchev–Trinajstić information content (AvgIpc) is 3.28. The predicted molar refractivity (Wildman–Crippen MR) is 174 cm³/mol. The van der Waals surface area contributed by atoms with Gasteiger partial charge in [-0.15, -0.1) is 6.42 Å². The highest BCUT2D eigenvalue weighted by atomic mass is 16.6. The van der Waals surface area contributed by atoms with Crippen molar-refractivity contribution in [1.29, 1.82) is 0 Å². The van der Waals surface area contributed by atoms with Crippen LogP contribution in [-0.4, -0.2) is 47.7 Å². The van der Waals surface area contributed by atoms with Gasteiger partial charge < -0.3 is 20.0 Å². The van der Waals surface area contributed by atoms with Crippen molar-refractivity contribution in [3.63, 3.8) is 0 Å². The summed E-state index contributed by atoms with van der Waals surface area (Å²) < 4.78 is 6.04. The van der Waals surface area contributed by atoms with Gasteiger partial charge in [0, 0.05) is 24.0 Å². The summed E-state index contributed by atoms with van der Waals surface area (Å²) in [6.45, 7) is 10.3. The molecule has 0 spiro atoms. The fourth-order valence-corrected chi connectivity index (χ4v) is 10.4. The van der Waals surface area contributed by atoms with Gasteiger partial charge in [0.25, 0.3) is 5.91 Å². The lowest BCUT2D eigenvalue weighted by molar-refractivity contribution is -0.125. The summed E-state index contributed by atoms with van der Waals surface area (Å²) in [6, 6.07) is 10.7. The van der Waals surface area contributed by atoms with Gasteiger partial charge in [-0.25, -0.2) is 0 Å². The second-order valence-electron chi connectivity index (χ2n) is 15.6. The third kappa shape index (κ3) is 5.43. The SMILES string of the molecule is C#C[C@]1(O)CC[C@@H]2[C@@H]3CCC4=CC(=NOCC(=O)NCC[C@@]5(c6ccccc6)CCOC(C)(C)C5)CC[C@]4(C)[C@H]3CC[C@@]21C. The Kier molecular flexibility index (Phi) is 8.29. The maximum absolute atomic E-state index is 12.7. The Balaban J connectivity index is 1.03.